The highest BCUT2D eigenvalue weighted by Crippen LogP contribution is 2.24. The van der Waals surface area contributed by atoms with E-state index in [2.05, 4.69) is 31.3 Å². The molecule has 6 N–H and O–H groups in total. The first kappa shape index (κ1) is 81.9. The number of hydrogen-bond acceptors (Lipinski definition) is 8. The van der Waals surface area contributed by atoms with E-state index in [0.29, 0.717) is 12.8 Å². The number of rotatable bonds is 69. The molecular formula is C76H149NO8. The SMILES string of the molecule is CCCCCCCCCCCCCCCCCC/C=C\CCCCCCCCCCCCCCCCCCCC(=O)NC(COC1OC(CO)C(O)C(O)C1O)C(O)CCCCCCCCCCCCCCCCCCCCCCCCCCC. The predicted molar refractivity (Wildman–Crippen MR) is 364 cm³/mol. The lowest BCUT2D eigenvalue weighted by Gasteiger charge is -2.40. The Morgan fingerprint density at radius 1 is 0.388 bits per heavy atom. The second-order valence-corrected chi connectivity index (χ2v) is 27.2. The molecule has 1 rings (SSSR count). The molecule has 1 aliphatic heterocycles. The van der Waals surface area contributed by atoms with Crippen molar-refractivity contribution in [3.8, 4) is 0 Å². The van der Waals surface area contributed by atoms with Gasteiger partial charge in [0.25, 0.3) is 0 Å². The molecule has 0 spiro atoms. The number of hydrogen-bond donors (Lipinski definition) is 6. The van der Waals surface area contributed by atoms with Crippen LogP contribution in [0, 0.1) is 0 Å². The van der Waals surface area contributed by atoms with Crippen LogP contribution >= 0.6 is 0 Å². The number of ether oxygens (including phenoxy) is 2. The third-order valence-corrected chi connectivity index (χ3v) is 18.9. The van der Waals surface area contributed by atoms with Gasteiger partial charge >= 0.3 is 0 Å². The van der Waals surface area contributed by atoms with Crippen LogP contribution in [0.1, 0.15) is 412 Å². The first-order valence-electron chi connectivity index (χ1n) is 38.4. The molecule has 1 heterocycles. The van der Waals surface area contributed by atoms with Crippen molar-refractivity contribution in [1.82, 2.24) is 5.32 Å². The summed E-state index contributed by atoms with van der Waals surface area (Å²) in [5.74, 6) is -0.134. The molecule has 85 heavy (non-hydrogen) atoms. The molecule has 1 amide bonds. The van der Waals surface area contributed by atoms with Crippen LogP contribution in [0.25, 0.3) is 0 Å². The molecular weight excluding hydrogens is 1050 g/mol. The van der Waals surface area contributed by atoms with Crippen LogP contribution in [0.15, 0.2) is 12.2 Å². The summed E-state index contributed by atoms with van der Waals surface area (Å²) < 4.78 is 11.4. The third-order valence-electron chi connectivity index (χ3n) is 18.9. The molecule has 1 fully saturated rings. The Kier molecular flexibility index (Phi) is 63.5. The molecule has 7 atom stereocenters. The van der Waals surface area contributed by atoms with Gasteiger partial charge in [0, 0.05) is 6.42 Å². The molecule has 0 aromatic carbocycles. The minimum Gasteiger partial charge on any atom is -0.394 e. The molecule has 7 unspecified atom stereocenters. The lowest BCUT2D eigenvalue weighted by Crippen LogP contribution is -2.60. The maximum absolute atomic E-state index is 13.2. The Morgan fingerprint density at radius 2 is 0.659 bits per heavy atom. The zero-order valence-electron chi connectivity index (χ0n) is 56.9. The molecule has 1 saturated heterocycles. The maximum Gasteiger partial charge on any atom is 0.220 e. The molecule has 0 bridgehead atoms. The average molecular weight is 1210 g/mol. The van der Waals surface area contributed by atoms with Crippen LogP contribution in [0.2, 0.25) is 0 Å². The van der Waals surface area contributed by atoms with Crippen LogP contribution in [0.4, 0.5) is 0 Å². The van der Waals surface area contributed by atoms with E-state index in [1.54, 1.807) is 0 Å². The molecule has 0 aromatic heterocycles. The minimum atomic E-state index is -1.55. The molecule has 0 radical (unpaired) electrons. The van der Waals surface area contributed by atoms with Crippen LogP contribution in [0.3, 0.4) is 0 Å². The number of aliphatic hydroxyl groups excluding tert-OH is 5. The largest absolute Gasteiger partial charge is 0.394 e. The number of nitrogens with one attached hydrogen (secondary N) is 1. The zero-order valence-corrected chi connectivity index (χ0v) is 56.9. The van der Waals surface area contributed by atoms with Gasteiger partial charge < -0.3 is 40.3 Å². The van der Waals surface area contributed by atoms with Gasteiger partial charge in [-0.25, -0.2) is 0 Å². The first-order chi connectivity index (χ1) is 41.8. The molecule has 0 aromatic rings. The predicted octanol–water partition coefficient (Wildman–Crippen LogP) is 21.4. The number of carbonyl (C=O) groups is 1. The van der Waals surface area contributed by atoms with E-state index in [4.69, 9.17) is 9.47 Å². The summed E-state index contributed by atoms with van der Waals surface area (Å²) in [6.45, 7) is 3.91. The molecule has 0 saturated carbocycles. The van der Waals surface area contributed by atoms with Gasteiger partial charge in [0.05, 0.1) is 25.4 Å². The van der Waals surface area contributed by atoms with E-state index in [0.717, 1.165) is 38.5 Å². The Hall–Kier alpha value is -1.07. The summed E-state index contributed by atoms with van der Waals surface area (Å²) in [6, 6.07) is -0.717. The van der Waals surface area contributed by atoms with Gasteiger partial charge in [-0.15, -0.1) is 0 Å². The van der Waals surface area contributed by atoms with Crippen molar-refractivity contribution < 1.29 is 39.8 Å². The Bertz CT molecular complexity index is 1350. The van der Waals surface area contributed by atoms with Crippen molar-refractivity contribution in [3.05, 3.63) is 12.2 Å². The number of aliphatic hydroxyl groups is 5. The van der Waals surface area contributed by atoms with Crippen LogP contribution in [-0.2, 0) is 14.3 Å². The summed E-state index contributed by atoms with van der Waals surface area (Å²) in [4.78, 5) is 13.2. The fourth-order valence-electron chi connectivity index (χ4n) is 12.9. The van der Waals surface area contributed by atoms with E-state index >= 15 is 0 Å². The molecule has 1 aliphatic rings. The smallest absolute Gasteiger partial charge is 0.220 e. The topological polar surface area (TPSA) is 149 Å². The molecule has 9 heteroatoms. The van der Waals surface area contributed by atoms with Crippen molar-refractivity contribution in [2.45, 2.75) is 455 Å². The van der Waals surface area contributed by atoms with Gasteiger partial charge in [-0.1, -0.05) is 379 Å². The fourth-order valence-corrected chi connectivity index (χ4v) is 12.9. The van der Waals surface area contributed by atoms with Crippen LogP contribution < -0.4 is 5.32 Å². The standard InChI is InChI=1S/C76H149NO8/c1-3-5-7-9-11-13-15-17-19-21-23-25-27-29-30-31-32-33-34-35-36-37-38-39-40-42-44-46-48-50-52-54-56-58-60-62-64-66-72(80)77-69(68-84-76-75(83)74(82)73(81)71(67-78)85-76)70(79)65-63-61-59-57-55-53-51-49-47-45-43-41-28-26-24-22-20-18-16-14-12-10-8-6-4-2/h33-34,69-71,73-76,78-79,81-83H,3-32,35-68H2,1-2H3,(H,77,80)/b34-33-. The second kappa shape index (κ2) is 65.9. The second-order valence-electron chi connectivity index (χ2n) is 27.2. The van der Waals surface area contributed by atoms with Crippen molar-refractivity contribution in [2.75, 3.05) is 13.2 Å². The van der Waals surface area contributed by atoms with E-state index in [-0.39, 0.29) is 12.5 Å². The highest BCUT2D eigenvalue weighted by atomic mass is 16.7. The highest BCUT2D eigenvalue weighted by Gasteiger charge is 2.44. The monoisotopic (exact) mass is 1200 g/mol. The lowest BCUT2D eigenvalue weighted by molar-refractivity contribution is -0.302. The number of amides is 1. The average Bonchev–Trinajstić information content (AvgIpc) is 3.57. The van der Waals surface area contributed by atoms with E-state index in [1.165, 1.54) is 347 Å². The van der Waals surface area contributed by atoms with Gasteiger partial charge in [0.15, 0.2) is 6.29 Å². The van der Waals surface area contributed by atoms with Crippen LogP contribution in [-0.4, -0.2) is 87.5 Å². The Balaban J connectivity index is 2.05. The third kappa shape index (κ3) is 54.4. The lowest BCUT2D eigenvalue weighted by atomic mass is 9.99. The quantitative estimate of drug-likeness (QED) is 0.0261. The summed E-state index contributed by atoms with van der Waals surface area (Å²) in [7, 11) is 0. The molecule has 0 aliphatic carbocycles. The van der Waals surface area contributed by atoms with Gasteiger partial charge in [-0.2, -0.15) is 0 Å². The van der Waals surface area contributed by atoms with E-state index in [1.807, 2.05) is 0 Å². The van der Waals surface area contributed by atoms with Crippen molar-refractivity contribution >= 4 is 5.91 Å². The summed E-state index contributed by atoms with van der Waals surface area (Å²) in [6.07, 6.45) is 78.9. The van der Waals surface area contributed by atoms with Gasteiger partial charge in [0.2, 0.25) is 5.91 Å². The number of allylic oxidation sites excluding steroid dienone is 2. The van der Waals surface area contributed by atoms with E-state index in [9.17, 15) is 30.3 Å². The van der Waals surface area contributed by atoms with Crippen LogP contribution in [0.5, 0.6) is 0 Å². The Labute approximate surface area is 528 Å². The summed E-state index contributed by atoms with van der Waals surface area (Å²) in [5, 5.41) is 55.0. The highest BCUT2D eigenvalue weighted by molar-refractivity contribution is 5.76. The summed E-state index contributed by atoms with van der Waals surface area (Å²) >= 11 is 0. The van der Waals surface area contributed by atoms with Gasteiger partial charge in [-0.05, 0) is 38.5 Å². The zero-order chi connectivity index (χ0) is 61.4. The number of unbranched alkanes of at least 4 members (excludes halogenated alkanes) is 57. The van der Waals surface area contributed by atoms with Gasteiger partial charge in [-0.3, -0.25) is 4.79 Å². The summed E-state index contributed by atoms with van der Waals surface area (Å²) in [5.41, 5.74) is 0. The minimum absolute atomic E-state index is 0.132. The number of carbonyl (C=O) groups excluding carboxylic acids is 1. The fraction of sp³-hybridized carbons (Fsp3) is 0.961. The van der Waals surface area contributed by atoms with Crippen molar-refractivity contribution in [3.63, 3.8) is 0 Å². The first-order valence-corrected chi connectivity index (χ1v) is 38.4. The van der Waals surface area contributed by atoms with Crippen molar-refractivity contribution in [1.29, 1.82) is 0 Å². The molecule has 9 nitrogen and oxygen atoms in total. The Morgan fingerprint density at radius 3 is 0.953 bits per heavy atom. The van der Waals surface area contributed by atoms with E-state index < -0.39 is 49.5 Å². The normalized spacial score (nSPS) is 18.0. The molecule has 506 valence electrons. The van der Waals surface area contributed by atoms with Gasteiger partial charge in [0.1, 0.15) is 24.4 Å². The van der Waals surface area contributed by atoms with Crippen molar-refractivity contribution in [2.24, 2.45) is 0 Å². The maximum atomic E-state index is 13.2.